The quantitative estimate of drug-likeness (QED) is 0.785. The molecule has 2 heterocycles. The molecule has 2 amide bonds. The van der Waals surface area contributed by atoms with E-state index in [0.29, 0.717) is 0 Å². The number of fused-ring (bicyclic) bond motifs is 1. The number of aromatic nitrogens is 1. The molecule has 1 fully saturated rings. The van der Waals surface area contributed by atoms with E-state index in [-0.39, 0.29) is 23.7 Å². The summed E-state index contributed by atoms with van der Waals surface area (Å²) < 4.78 is 0. The normalized spacial score (nSPS) is 18.8. The minimum atomic E-state index is -0.0128. The number of nitrogens with zero attached hydrogens (tertiary/aromatic N) is 3. The number of hydrogen-bond donors (Lipinski definition) is 1. The maximum Gasteiger partial charge on any atom is 0.227 e. The van der Waals surface area contributed by atoms with Crippen LogP contribution in [0, 0.1) is 25.7 Å². The van der Waals surface area contributed by atoms with Crippen molar-refractivity contribution in [3.63, 3.8) is 0 Å². The van der Waals surface area contributed by atoms with Crippen molar-refractivity contribution in [2.45, 2.75) is 47.0 Å². The lowest BCUT2D eigenvalue weighted by Gasteiger charge is -2.35. The Morgan fingerprint density at radius 1 is 1.16 bits per heavy atom. The van der Waals surface area contributed by atoms with E-state index in [1.54, 1.807) is 11.3 Å². The summed E-state index contributed by atoms with van der Waals surface area (Å²) in [6, 6.07) is 6.15. The van der Waals surface area contributed by atoms with Crippen molar-refractivity contribution in [2.75, 3.05) is 36.4 Å². The van der Waals surface area contributed by atoms with E-state index in [4.69, 9.17) is 4.98 Å². The van der Waals surface area contributed by atoms with Crippen LogP contribution in [-0.4, -0.2) is 47.9 Å². The Hall–Kier alpha value is -2.41. The highest BCUT2D eigenvalue weighted by molar-refractivity contribution is 7.15. The van der Waals surface area contributed by atoms with E-state index >= 15 is 0 Å². The number of aryl methyl sites for hydroxylation is 3. The smallest absolute Gasteiger partial charge is 0.227 e. The number of piperazine rings is 1. The van der Waals surface area contributed by atoms with Gasteiger partial charge < -0.3 is 15.1 Å². The number of hydrogen-bond acceptors (Lipinski definition) is 5. The maximum absolute atomic E-state index is 12.9. The highest BCUT2D eigenvalue weighted by atomic mass is 32.1. The first-order valence-electron chi connectivity index (χ1n) is 11.2. The minimum Gasteiger partial charge on any atom is -0.345 e. The molecule has 1 aliphatic heterocycles. The molecular weight excluding hydrogens is 408 g/mol. The molecule has 4 rings (SSSR count). The predicted octanol–water partition coefficient (Wildman–Crippen LogP) is 3.81. The maximum atomic E-state index is 12.9. The summed E-state index contributed by atoms with van der Waals surface area (Å²) in [7, 11) is 0. The number of anilines is 2. The molecule has 1 saturated heterocycles. The number of rotatable bonds is 4. The first-order chi connectivity index (χ1) is 14.8. The molecule has 31 heavy (non-hydrogen) atoms. The van der Waals surface area contributed by atoms with Crippen LogP contribution in [0.4, 0.5) is 10.8 Å². The zero-order chi connectivity index (χ0) is 22.1. The summed E-state index contributed by atoms with van der Waals surface area (Å²) in [5.74, 6) is 0.373. The molecule has 6 nitrogen and oxygen atoms in total. The van der Waals surface area contributed by atoms with Gasteiger partial charge in [-0.3, -0.25) is 9.59 Å². The van der Waals surface area contributed by atoms with Crippen LogP contribution < -0.4 is 10.2 Å². The average Bonchev–Trinajstić information content (AvgIpc) is 3.19. The van der Waals surface area contributed by atoms with Gasteiger partial charge in [-0.25, -0.2) is 4.98 Å². The first-order valence-corrected chi connectivity index (χ1v) is 12.0. The Morgan fingerprint density at radius 2 is 1.90 bits per heavy atom. The van der Waals surface area contributed by atoms with Gasteiger partial charge in [-0.05, 0) is 50.3 Å². The van der Waals surface area contributed by atoms with Crippen molar-refractivity contribution in [2.24, 2.45) is 11.8 Å². The number of benzene rings is 1. The topological polar surface area (TPSA) is 65.5 Å². The molecule has 1 aromatic heterocycles. The molecule has 0 spiro atoms. The van der Waals surface area contributed by atoms with E-state index in [0.717, 1.165) is 73.1 Å². The van der Waals surface area contributed by atoms with Gasteiger partial charge in [0.05, 0.1) is 5.69 Å². The summed E-state index contributed by atoms with van der Waals surface area (Å²) in [5, 5.41) is 4.18. The lowest BCUT2D eigenvalue weighted by molar-refractivity contribution is -0.134. The summed E-state index contributed by atoms with van der Waals surface area (Å²) >= 11 is 1.72. The molecule has 2 aromatic rings. The standard InChI is InChI=1S/C24H32N4O2S/c1-15(2)23(30)27-9-11-28(12-10-27)24-26-19-8-7-18(14-21(19)31-24)22(29)25-20-13-16(3)5-6-17(20)4/h5-6,13,15,18H,7-12,14H2,1-4H3,(H,25,29)/t18-/m1/s1. The fourth-order valence-electron chi connectivity index (χ4n) is 4.31. The van der Waals surface area contributed by atoms with Crippen molar-refractivity contribution in [3.8, 4) is 0 Å². The Labute approximate surface area is 188 Å². The molecule has 1 atom stereocenters. The van der Waals surface area contributed by atoms with E-state index < -0.39 is 0 Å². The monoisotopic (exact) mass is 440 g/mol. The lowest BCUT2D eigenvalue weighted by Crippen LogP contribution is -2.49. The fourth-order valence-corrected chi connectivity index (χ4v) is 5.55. The molecule has 166 valence electrons. The molecule has 0 bridgehead atoms. The predicted molar refractivity (Wildman–Crippen MR) is 126 cm³/mol. The van der Waals surface area contributed by atoms with Gasteiger partial charge in [0, 0.05) is 48.6 Å². The molecule has 1 aromatic carbocycles. The number of carbonyl (C=O) groups is 2. The van der Waals surface area contributed by atoms with E-state index in [1.165, 1.54) is 4.88 Å². The van der Waals surface area contributed by atoms with Crippen LogP contribution in [0.5, 0.6) is 0 Å². The van der Waals surface area contributed by atoms with Crippen LogP contribution in [0.3, 0.4) is 0 Å². The van der Waals surface area contributed by atoms with Crippen molar-refractivity contribution in [3.05, 3.63) is 39.9 Å². The molecule has 1 N–H and O–H groups in total. The number of carbonyl (C=O) groups excluding carboxylic acids is 2. The SMILES string of the molecule is Cc1ccc(C)c(NC(=O)[C@@H]2CCc3nc(N4CCN(C(=O)C(C)C)CC4)sc3C2)c1. The third-order valence-electron chi connectivity index (χ3n) is 6.31. The molecule has 0 radical (unpaired) electrons. The van der Waals surface area contributed by atoms with Gasteiger partial charge in [-0.2, -0.15) is 0 Å². The molecule has 2 aliphatic rings. The third kappa shape index (κ3) is 4.76. The summed E-state index contributed by atoms with van der Waals surface area (Å²) in [4.78, 5) is 35.5. The number of amides is 2. The van der Waals surface area contributed by atoms with Crippen LogP contribution in [0.2, 0.25) is 0 Å². The molecule has 7 heteroatoms. The summed E-state index contributed by atoms with van der Waals surface area (Å²) in [6.45, 7) is 11.1. The molecular formula is C24H32N4O2S. The number of nitrogens with one attached hydrogen (secondary N) is 1. The second-order valence-corrected chi connectivity index (χ2v) is 10.1. The lowest BCUT2D eigenvalue weighted by atomic mass is 9.90. The number of thiazole rings is 1. The van der Waals surface area contributed by atoms with Crippen molar-refractivity contribution >= 4 is 34.0 Å². The first kappa shape index (κ1) is 21.8. The largest absolute Gasteiger partial charge is 0.345 e. The van der Waals surface area contributed by atoms with Crippen LogP contribution >= 0.6 is 11.3 Å². The van der Waals surface area contributed by atoms with E-state index in [2.05, 4.69) is 16.3 Å². The minimum absolute atomic E-state index is 0.0128. The zero-order valence-corrected chi connectivity index (χ0v) is 19.7. The van der Waals surface area contributed by atoms with Gasteiger partial charge in [-0.15, -0.1) is 11.3 Å². The second-order valence-electron chi connectivity index (χ2n) is 9.08. The summed E-state index contributed by atoms with van der Waals surface area (Å²) in [6.07, 6.45) is 2.45. The molecule has 0 unspecified atom stereocenters. The van der Waals surface area contributed by atoms with Crippen LogP contribution in [-0.2, 0) is 22.4 Å². The summed E-state index contributed by atoms with van der Waals surface area (Å²) in [5.41, 5.74) is 4.30. The Bertz CT molecular complexity index is 976. The van der Waals surface area contributed by atoms with Gasteiger partial charge in [0.15, 0.2) is 5.13 Å². The highest BCUT2D eigenvalue weighted by Gasteiger charge is 2.30. The zero-order valence-electron chi connectivity index (χ0n) is 18.9. The van der Waals surface area contributed by atoms with Crippen LogP contribution in [0.15, 0.2) is 18.2 Å². The van der Waals surface area contributed by atoms with Crippen molar-refractivity contribution in [1.29, 1.82) is 0 Å². The second kappa shape index (κ2) is 8.99. The molecule has 0 saturated carbocycles. The molecule has 1 aliphatic carbocycles. The average molecular weight is 441 g/mol. The third-order valence-corrected chi connectivity index (χ3v) is 7.49. The van der Waals surface area contributed by atoms with Gasteiger partial charge >= 0.3 is 0 Å². The van der Waals surface area contributed by atoms with Crippen molar-refractivity contribution in [1.82, 2.24) is 9.88 Å². The highest BCUT2D eigenvalue weighted by Crippen LogP contribution is 2.35. The van der Waals surface area contributed by atoms with Crippen LogP contribution in [0.25, 0.3) is 0 Å². The van der Waals surface area contributed by atoms with E-state index in [9.17, 15) is 9.59 Å². The fraction of sp³-hybridized carbons (Fsp3) is 0.542. The van der Waals surface area contributed by atoms with Crippen LogP contribution in [0.1, 0.15) is 42.0 Å². The van der Waals surface area contributed by atoms with Gasteiger partial charge in [0.25, 0.3) is 0 Å². The van der Waals surface area contributed by atoms with E-state index in [1.807, 2.05) is 44.7 Å². The van der Waals surface area contributed by atoms with Gasteiger partial charge in [-0.1, -0.05) is 26.0 Å². The Morgan fingerprint density at radius 3 is 2.61 bits per heavy atom. The Kier molecular flexibility index (Phi) is 6.32. The Balaban J connectivity index is 1.38. The van der Waals surface area contributed by atoms with Gasteiger partial charge in [0.1, 0.15) is 0 Å². The van der Waals surface area contributed by atoms with Gasteiger partial charge in [0.2, 0.25) is 11.8 Å². The van der Waals surface area contributed by atoms with Crippen molar-refractivity contribution < 1.29 is 9.59 Å².